The Morgan fingerprint density at radius 1 is 1.25 bits per heavy atom. The van der Waals surface area contributed by atoms with Gasteiger partial charge in [-0.15, -0.1) is 0 Å². The van der Waals surface area contributed by atoms with Gasteiger partial charge in [-0.2, -0.15) is 11.8 Å². The van der Waals surface area contributed by atoms with Gasteiger partial charge >= 0.3 is 0 Å². The Hall–Kier alpha value is -1.55. The van der Waals surface area contributed by atoms with Gasteiger partial charge in [-0.3, -0.25) is 4.79 Å². The lowest BCUT2D eigenvalue weighted by molar-refractivity contribution is 0.0950. The summed E-state index contributed by atoms with van der Waals surface area (Å²) in [5, 5.41) is 4.15. The van der Waals surface area contributed by atoms with Crippen LogP contribution in [0.3, 0.4) is 0 Å². The number of rotatable bonds is 3. The summed E-state index contributed by atoms with van der Waals surface area (Å²) in [6.45, 7) is 0.706. The van der Waals surface area contributed by atoms with E-state index in [9.17, 15) is 9.18 Å². The minimum absolute atomic E-state index is 0.113. The third-order valence-corrected chi connectivity index (χ3v) is 4.92. The van der Waals surface area contributed by atoms with E-state index in [2.05, 4.69) is 5.32 Å². The van der Waals surface area contributed by atoms with E-state index in [1.165, 1.54) is 11.8 Å². The number of benzene rings is 2. The van der Waals surface area contributed by atoms with Gasteiger partial charge in [-0.25, -0.2) is 4.39 Å². The van der Waals surface area contributed by atoms with Crippen LogP contribution in [0.4, 0.5) is 4.39 Å². The molecular formula is C16H16FNOS. The number of amides is 1. The Labute approximate surface area is 121 Å². The average Bonchev–Trinajstić information content (AvgIpc) is 2.99. The maximum Gasteiger partial charge on any atom is 0.251 e. The minimum Gasteiger partial charge on any atom is -0.352 e. The van der Waals surface area contributed by atoms with Gasteiger partial charge in [0.2, 0.25) is 0 Å². The lowest BCUT2D eigenvalue weighted by atomic mass is 10.0. The number of carbonyl (C=O) groups is 1. The molecule has 0 saturated carbocycles. The first-order valence-corrected chi connectivity index (χ1v) is 7.94. The molecule has 1 aliphatic heterocycles. The largest absolute Gasteiger partial charge is 0.352 e. The molecule has 1 saturated heterocycles. The summed E-state index contributed by atoms with van der Waals surface area (Å²) in [6, 6.07) is 10.0. The highest BCUT2D eigenvalue weighted by atomic mass is 32.2. The second-order valence-corrected chi connectivity index (χ2v) is 6.23. The monoisotopic (exact) mass is 289 g/mol. The van der Waals surface area contributed by atoms with Crippen LogP contribution in [0.2, 0.25) is 0 Å². The van der Waals surface area contributed by atoms with E-state index < -0.39 is 0 Å². The van der Waals surface area contributed by atoms with E-state index in [1.54, 1.807) is 24.3 Å². The molecule has 0 aliphatic carbocycles. The van der Waals surface area contributed by atoms with Crippen molar-refractivity contribution < 1.29 is 9.18 Å². The van der Waals surface area contributed by atoms with E-state index in [0.717, 1.165) is 12.2 Å². The van der Waals surface area contributed by atoms with Crippen molar-refractivity contribution in [2.45, 2.75) is 6.42 Å². The number of thioether (sulfide) groups is 1. The molecule has 2 nitrogen and oxygen atoms in total. The maximum atomic E-state index is 13.7. The van der Waals surface area contributed by atoms with Crippen molar-refractivity contribution >= 4 is 28.4 Å². The zero-order valence-corrected chi connectivity index (χ0v) is 11.9. The average molecular weight is 289 g/mol. The highest BCUT2D eigenvalue weighted by Gasteiger charge is 2.17. The van der Waals surface area contributed by atoms with Crippen molar-refractivity contribution in [2.75, 3.05) is 18.1 Å². The van der Waals surface area contributed by atoms with E-state index in [-0.39, 0.29) is 11.7 Å². The second-order valence-electron chi connectivity index (χ2n) is 5.08. The van der Waals surface area contributed by atoms with Gasteiger partial charge in [0, 0.05) is 17.5 Å². The molecule has 3 rings (SSSR count). The van der Waals surface area contributed by atoms with Gasteiger partial charge in [0.15, 0.2) is 0 Å². The molecule has 1 fully saturated rings. The summed E-state index contributed by atoms with van der Waals surface area (Å²) in [6.07, 6.45) is 1.16. The molecule has 4 heteroatoms. The van der Waals surface area contributed by atoms with Gasteiger partial charge in [-0.1, -0.05) is 24.3 Å². The van der Waals surface area contributed by atoms with E-state index in [0.29, 0.717) is 28.8 Å². The Balaban J connectivity index is 1.82. The van der Waals surface area contributed by atoms with Crippen LogP contribution < -0.4 is 5.32 Å². The van der Waals surface area contributed by atoms with Gasteiger partial charge in [0.1, 0.15) is 5.82 Å². The molecule has 20 heavy (non-hydrogen) atoms. The maximum absolute atomic E-state index is 13.7. The van der Waals surface area contributed by atoms with Crippen molar-refractivity contribution in [1.29, 1.82) is 0 Å². The van der Waals surface area contributed by atoms with E-state index in [4.69, 9.17) is 0 Å². The third kappa shape index (κ3) is 2.66. The van der Waals surface area contributed by atoms with Gasteiger partial charge in [0.05, 0.1) is 0 Å². The van der Waals surface area contributed by atoms with Crippen LogP contribution in [-0.2, 0) is 0 Å². The van der Waals surface area contributed by atoms with Gasteiger partial charge in [0.25, 0.3) is 5.91 Å². The molecule has 1 unspecified atom stereocenters. The minimum atomic E-state index is -0.288. The zero-order chi connectivity index (χ0) is 13.9. The Kier molecular flexibility index (Phi) is 3.92. The van der Waals surface area contributed by atoms with Crippen molar-refractivity contribution in [3.8, 4) is 0 Å². The van der Waals surface area contributed by atoms with Crippen molar-refractivity contribution in [3.05, 3.63) is 47.8 Å². The number of carbonyl (C=O) groups excluding carboxylic acids is 1. The predicted octanol–water partition coefficient (Wildman–Crippen LogP) is 3.46. The molecule has 0 aromatic heterocycles. The molecule has 1 atom stereocenters. The molecule has 1 aliphatic rings. The Morgan fingerprint density at radius 3 is 2.80 bits per heavy atom. The molecule has 0 radical (unpaired) electrons. The standard InChI is InChI=1S/C16H16FNOS/c17-15-6-5-14(12-3-1-2-4-13(12)15)16(19)18-9-11-7-8-20-10-11/h1-6,11H,7-10H2,(H,18,19). The first kappa shape index (κ1) is 13.4. The van der Waals surface area contributed by atoms with Gasteiger partial charge in [-0.05, 0) is 41.4 Å². The molecule has 104 valence electrons. The fraction of sp³-hybridized carbons (Fsp3) is 0.312. The fourth-order valence-corrected chi connectivity index (χ4v) is 3.82. The third-order valence-electron chi connectivity index (χ3n) is 3.69. The number of fused-ring (bicyclic) bond motifs is 1. The van der Waals surface area contributed by atoms with E-state index >= 15 is 0 Å². The molecule has 0 bridgehead atoms. The topological polar surface area (TPSA) is 29.1 Å². The van der Waals surface area contributed by atoms with Crippen LogP contribution >= 0.6 is 11.8 Å². The Morgan fingerprint density at radius 2 is 2.05 bits per heavy atom. The number of hydrogen-bond acceptors (Lipinski definition) is 2. The van der Waals surface area contributed by atoms with Crippen molar-refractivity contribution in [3.63, 3.8) is 0 Å². The molecule has 2 aromatic carbocycles. The lowest BCUT2D eigenvalue weighted by Crippen LogP contribution is -2.29. The predicted molar refractivity (Wildman–Crippen MR) is 81.7 cm³/mol. The quantitative estimate of drug-likeness (QED) is 0.937. The SMILES string of the molecule is O=C(NCC1CCSC1)c1ccc(F)c2ccccc12. The number of hydrogen-bond donors (Lipinski definition) is 1. The number of halogens is 1. The van der Waals surface area contributed by atoms with Crippen molar-refractivity contribution in [2.24, 2.45) is 5.92 Å². The molecule has 1 N–H and O–H groups in total. The first-order valence-electron chi connectivity index (χ1n) is 6.79. The normalized spacial score (nSPS) is 18.4. The van der Waals surface area contributed by atoms with Crippen LogP contribution in [0.5, 0.6) is 0 Å². The smallest absolute Gasteiger partial charge is 0.251 e. The summed E-state index contributed by atoms with van der Waals surface area (Å²) < 4.78 is 13.7. The molecular weight excluding hydrogens is 273 g/mol. The van der Waals surface area contributed by atoms with Crippen LogP contribution in [0.25, 0.3) is 10.8 Å². The zero-order valence-electron chi connectivity index (χ0n) is 11.1. The summed E-state index contributed by atoms with van der Waals surface area (Å²) >= 11 is 1.93. The molecule has 0 spiro atoms. The van der Waals surface area contributed by atoms with Crippen LogP contribution in [-0.4, -0.2) is 24.0 Å². The lowest BCUT2D eigenvalue weighted by Gasteiger charge is -2.11. The van der Waals surface area contributed by atoms with Crippen LogP contribution in [0.15, 0.2) is 36.4 Å². The fourth-order valence-electron chi connectivity index (χ4n) is 2.54. The van der Waals surface area contributed by atoms with Gasteiger partial charge < -0.3 is 5.32 Å². The number of nitrogens with one attached hydrogen (secondary N) is 1. The van der Waals surface area contributed by atoms with Crippen molar-refractivity contribution in [1.82, 2.24) is 5.32 Å². The highest BCUT2D eigenvalue weighted by Crippen LogP contribution is 2.24. The molecule has 1 amide bonds. The second kappa shape index (κ2) is 5.83. The van der Waals surface area contributed by atoms with E-state index in [1.807, 2.05) is 17.8 Å². The first-order chi connectivity index (χ1) is 9.75. The summed E-state index contributed by atoms with van der Waals surface area (Å²) in [5.74, 6) is 2.46. The summed E-state index contributed by atoms with van der Waals surface area (Å²) in [5.41, 5.74) is 0.549. The highest BCUT2D eigenvalue weighted by molar-refractivity contribution is 7.99. The molecule has 2 aromatic rings. The molecule has 1 heterocycles. The summed E-state index contributed by atoms with van der Waals surface area (Å²) in [4.78, 5) is 12.3. The van der Waals surface area contributed by atoms with Crippen LogP contribution in [0.1, 0.15) is 16.8 Å². The Bertz CT molecular complexity index is 637. The summed E-state index contributed by atoms with van der Waals surface area (Å²) in [7, 11) is 0. The van der Waals surface area contributed by atoms with Crippen LogP contribution in [0, 0.1) is 11.7 Å².